The molecular weight excluding hydrogens is 128 g/mol. The van der Waals surface area contributed by atoms with Crippen molar-refractivity contribution in [1.29, 1.82) is 0 Å². The average molecular weight is 136 g/mol. The number of rotatable bonds is 2. The fourth-order valence-electron chi connectivity index (χ4n) is 1.46. The summed E-state index contributed by atoms with van der Waals surface area (Å²) in [5.41, 5.74) is 2.15. The van der Waals surface area contributed by atoms with Gasteiger partial charge in [-0.25, -0.2) is 0 Å². The molecule has 2 aliphatic carbocycles. The summed E-state index contributed by atoms with van der Waals surface area (Å²) in [5.74, 6) is 1.48. The van der Waals surface area contributed by atoms with Crippen LogP contribution in [0.2, 0.25) is 0 Å². The molecule has 0 bridgehead atoms. The summed E-state index contributed by atoms with van der Waals surface area (Å²) in [6, 6.07) is 0. The molecule has 52 valence electrons. The number of carbonyl (C=O) groups excluding carboxylic acids is 1. The van der Waals surface area contributed by atoms with E-state index in [1.807, 2.05) is 6.08 Å². The first-order valence-electron chi connectivity index (χ1n) is 3.30. The van der Waals surface area contributed by atoms with Crippen molar-refractivity contribution in [2.24, 2.45) is 5.92 Å². The molecule has 0 aromatic heterocycles. The van der Waals surface area contributed by atoms with Gasteiger partial charge in [-0.15, -0.1) is 0 Å². The summed E-state index contributed by atoms with van der Waals surface area (Å²) in [4.78, 5) is 10.2. The van der Waals surface area contributed by atoms with E-state index in [0.29, 0.717) is 5.92 Å². The Morgan fingerprint density at radius 3 is 3.00 bits per heavy atom. The van der Waals surface area contributed by atoms with Crippen molar-refractivity contribution in [2.45, 2.75) is 6.42 Å². The zero-order valence-electron chi connectivity index (χ0n) is 5.76. The number of aldehydes is 1. The third kappa shape index (κ3) is 0.467. The van der Waals surface area contributed by atoms with Crippen LogP contribution >= 0.6 is 0 Å². The number of hydrogen-bond donors (Lipinski definition) is 0. The molecule has 2 nitrogen and oxygen atoms in total. The molecule has 0 radical (unpaired) electrons. The Morgan fingerprint density at radius 1 is 1.80 bits per heavy atom. The number of carbonyl (C=O) groups is 1. The molecule has 0 N–H and O–H groups in total. The molecule has 0 amide bonds. The van der Waals surface area contributed by atoms with Crippen LogP contribution in [0.1, 0.15) is 6.42 Å². The molecule has 2 rings (SSSR count). The number of fused-ring (bicyclic) bond motifs is 1. The fraction of sp³-hybridized carbons (Fsp3) is 0.375. The van der Waals surface area contributed by atoms with Crippen LogP contribution < -0.4 is 0 Å². The first kappa shape index (κ1) is 5.71. The highest BCUT2D eigenvalue weighted by molar-refractivity contribution is 5.82. The molecule has 0 aromatic carbocycles. The van der Waals surface area contributed by atoms with E-state index in [9.17, 15) is 4.79 Å². The minimum atomic E-state index is 0.424. The van der Waals surface area contributed by atoms with Crippen LogP contribution in [0, 0.1) is 5.92 Å². The van der Waals surface area contributed by atoms with Crippen LogP contribution in [0.5, 0.6) is 0 Å². The van der Waals surface area contributed by atoms with Crippen molar-refractivity contribution in [3.05, 3.63) is 23.0 Å². The Labute approximate surface area is 59.2 Å². The van der Waals surface area contributed by atoms with Gasteiger partial charge in [-0.1, -0.05) is 0 Å². The van der Waals surface area contributed by atoms with Gasteiger partial charge in [0.15, 0.2) is 0 Å². The van der Waals surface area contributed by atoms with Crippen LogP contribution in [-0.2, 0) is 9.53 Å². The van der Waals surface area contributed by atoms with Gasteiger partial charge in [0.2, 0.25) is 0 Å². The van der Waals surface area contributed by atoms with Crippen molar-refractivity contribution < 1.29 is 9.53 Å². The van der Waals surface area contributed by atoms with Crippen LogP contribution in [0.4, 0.5) is 0 Å². The van der Waals surface area contributed by atoms with Gasteiger partial charge in [-0.2, -0.15) is 0 Å². The van der Waals surface area contributed by atoms with Crippen LogP contribution in [0.3, 0.4) is 0 Å². The Kier molecular flexibility index (Phi) is 0.982. The second-order valence-electron chi connectivity index (χ2n) is 2.60. The maximum atomic E-state index is 10.2. The van der Waals surface area contributed by atoms with E-state index >= 15 is 0 Å². The summed E-state index contributed by atoms with van der Waals surface area (Å²) >= 11 is 0. The SMILES string of the molecule is COC1=C2C=C(C=O)C2C1. The molecule has 0 heterocycles. The largest absolute Gasteiger partial charge is 0.501 e. The zero-order valence-corrected chi connectivity index (χ0v) is 5.76. The van der Waals surface area contributed by atoms with Crippen molar-refractivity contribution in [3.63, 3.8) is 0 Å². The summed E-state index contributed by atoms with van der Waals surface area (Å²) in [5, 5.41) is 0. The molecule has 0 saturated carbocycles. The predicted molar refractivity (Wildman–Crippen MR) is 36.3 cm³/mol. The van der Waals surface area contributed by atoms with Gasteiger partial charge in [0.05, 0.1) is 7.11 Å². The van der Waals surface area contributed by atoms with E-state index in [2.05, 4.69) is 0 Å². The normalized spacial score (nSPS) is 27.7. The summed E-state index contributed by atoms with van der Waals surface area (Å²) < 4.78 is 5.03. The number of hydrogen-bond acceptors (Lipinski definition) is 2. The van der Waals surface area contributed by atoms with Crippen molar-refractivity contribution in [3.8, 4) is 0 Å². The van der Waals surface area contributed by atoms with Crippen molar-refractivity contribution in [2.75, 3.05) is 7.11 Å². The van der Waals surface area contributed by atoms with Crippen LogP contribution in [0.25, 0.3) is 0 Å². The molecule has 0 aromatic rings. The van der Waals surface area contributed by atoms with Gasteiger partial charge in [-0.3, -0.25) is 4.79 Å². The van der Waals surface area contributed by atoms with Gasteiger partial charge >= 0.3 is 0 Å². The van der Waals surface area contributed by atoms with Gasteiger partial charge in [0, 0.05) is 17.9 Å². The van der Waals surface area contributed by atoms with E-state index in [1.165, 1.54) is 5.57 Å². The lowest BCUT2D eigenvalue weighted by Gasteiger charge is -2.37. The summed E-state index contributed by atoms with van der Waals surface area (Å²) in [6.45, 7) is 0. The standard InChI is InChI=1S/C8H8O2/c1-10-8-3-6-5(4-9)2-7(6)8/h2,4,6H,3H2,1H3. The van der Waals surface area contributed by atoms with Gasteiger partial charge in [-0.05, 0) is 11.6 Å². The lowest BCUT2D eigenvalue weighted by molar-refractivity contribution is -0.105. The highest BCUT2D eigenvalue weighted by atomic mass is 16.5. The van der Waals surface area contributed by atoms with Gasteiger partial charge in [0.1, 0.15) is 12.0 Å². The van der Waals surface area contributed by atoms with E-state index in [0.717, 1.165) is 24.0 Å². The highest BCUT2D eigenvalue weighted by Crippen LogP contribution is 2.47. The molecule has 1 unspecified atom stereocenters. The van der Waals surface area contributed by atoms with Gasteiger partial charge in [0.25, 0.3) is 0 Å². The lowest BCUT2D eigenvalue weighted by Crippen LogP contribution is -2.28. The van der Waals surface area contributed by atoms with E-state index in [4.69, 9.17) is 4.74 Å². The topological polar surface area (TPSA) is 26.3 Å². The lowest BCUT2D eigenvalue weighted by atomic mass is 9.69. The highest BCUT2D eigenvalue weighted by Gasteiger charge is 2.38. The molecule has 2 heteroatoms. The van der Waals surface area contributed by atoms with Crippen LogP contribution in [-0.4, -0.2) is 13.4 Å². The molecule has 0 spiro atoms. The number of methoxy groups -OCH3 is 1. The molecule has 1 atom stereocenters. The van der Waals surface area contributed by atoms with E-state index < -0.39 is 0 Å². The maximum absolute atomic E-state index is 10.2. The monoisotopic (exact) mass is 136 g/mol. The first-order chi connectivity index (χ1) is 4.86. The third-order valence-electron chi connectivity index (χ3n) is 2.19. The quantitative estimate of drug-likeness (QED) is 0.530. The third-order valence-corrected chi connectivity index (χ3v) is 2.19. The zero-order chi connectivity index (χ0) is 7.14. The second kappa shape index (κ2) is 1.72. The molecule has 0 aliphatic heterocycles. The maximum Gasteiger partial charge on any atom is 0.146 e. The van der Waals surface area contributed by atoms with E-state index in [-0.39, 0.29) is 0 Å². The average Bonchev–Trinajstić information content (AvgIpc) is 1.94. The van der Waals surface area contributed by atoms with Crippen molar-refractivity contribution in [1.82, 2.24) is 0 Å². The molecule has 0 fully saturated rings. The van der Waals surface area contributed by atoms with E-state index in [1.54, 1.807) is 7.11 Å². The second-order valence-corrected chi connectivity index (χ2v) is 2.60. The molecule has 2 aliphatic rings. The summed E-state index contributed by atoms with van der Waals surface area (Å²) in [7, 11) is 1.67. The predicted octanol–water partition coefficient (Wildman–Crippen LogP) is 1.05. The molecule has 0 saturated heterocycles. The number of ether oxygens (including phenoxy) is 1. The number of allylic oxidation sites excluding steroid dienone is 4. The smallest absolute Gasteiger partial charge is 0.146 e. The Morgan fingerprint density at radius 2 is 2.60 bits per heavy atom. The minimum Gasteiger partial charge on any atom is -0.501 e. The fourth-order valence-corrected chi connectivity index (χ4v) is 1.46. The Hall–Kier alpha value is -1.05. The van der Waals surface area contributed by atoms with Crippen molar-refractivity contribution >= 4 is 6.29 Å². The van der Waals surface area contributed by atoms with Gasteiger partial charge < -0.3 is 4.74 Å². The summed E-state index contributed by atoms with van der Waals surface area (Å²) in [6.07, 6.45) is 3.76. The Balaban J connectivity index is 2.24. The van der Waals surface area contributed by atoms with Crippen LogP contribution in [0.15, 0.2) is 23.0 Å². The first-order valence-corrected chi connectivity index (χ1v) is 3.30. The molecule has 10 heavy (non-hydrogen) atoms. The molecular formula is C8H8O2. The Bertz CT molecular complexity index is 248. The minimum absolute atomic E-state index is 0.424.